The van der Waals surface area contributed by atoms with Gasteiger partial charge in [-0.3, -0.25) is 14.6 Å². The highest BCUT2D eigenvalue weighted by Crippen LogP contribution is 2.10. The van der Waals surface area contributed by atoms with Crippen molar-refractivity contribution in [2.45, 2.75) is 12.8 Å². The Hall–Kier alpha value is -2.16. The van der Waals surface area contributed by atoms with E-state index in [1.807, 2.05) is 0 Å². The predicted molar refractivity (Wildman–Crippen MR) is 70.4 cm³/mol. The molecule has 1 aliphatic heterocycles. The quantitative estimate of drug-likeness (QED) is 0.666. The van der Waals surface area contributed by atoms with E-state index in [1.165, 1.54) is 7.11 Å². The molecule has 0 aliphatic carbocycles. The zero-order valence-electron chi connectivity index (χ0n) is 11.8. The molecule has 0 bridgehead atoms. The van der Waals surface area contributed by atoms with Crippen LogP contribution in [0.3, 0.4) is 0 Å². The van der Waals surface area contributed by atoms with E-state index < -0.39 is 11.6 Å². The first-order valence-electron chi connectivity index (χ1n) is 6.67. The molecule has 116 valence electrons. The normalized spacial score (nSPS) is 19.1. The summed E-state index contributed by atoms with van der Waals surface area (Å²) in [5.41, 5.74) is -0.397. The first-order chi connectivity index (χ1) is 10.1. The lowest BCUT2D eigenvalue weighted by Crippen LogP contribution is -2.38. The fraction of sp³-hybridized carbons (Fsp3) is 0.667. The Morgan fingerprint density at radius 2 is 2.33 bits per heavy atom. The van der Waals surface area contributed by atoms with Crippen molar-refractivity contribution in [1.29, 1.82) is 0 Å². The number of carbonyl (C=O) groups excluding carboxylic acids is 2. The number of aryl methyl sites for hydroxylation is 1. The molecular weight excluding hydrogens is 280 g/mol. The zero-order chi connectivity index (χ0) is 15.2. The van der Waals surface area contributed by atoms with Crippen molar-refractivity contribution in [3.05, 3.63) is 16.3 Å². The number of hydrogen-bond donors (Lipinski definition) is 2. The van der Waals surface area contributed by atoms with Crippen molar-refractivity contribution >= 4 is 11.9 Å². The number of rotatable bonds is 4. The van der Waals surface area contributed by atoms with Crippen LogP contribution in [-0.2, 0) is 25.5 Å². The van der Waals surface area contributed by atoms with Gasteiger partial charge in [0.2, 0.25) is 5.91 Å². The highest BCUT2D eigenvalue weighted by Gasteiger charge is 2.27. The molecule has 2 heterocycles. The Morgan fingerprint density at radius 3 is 3.00 bits per heavy atom. The first kappa shape index (κ1) is 15.2. The van der Waals surface area contributed by atoms with Gasteiger partial charge in [-0.25, -0.2) is 9.89 Å². The van der Waals surface area contributed by atoms with Crippen molar-refractivity contribution in [3.63, 3.8) is 0 Å². The van der Waals surface area contributed by atoms with E-state index in [4.69, 9.17) is 9.47 Å². The van der Waals surface area contributed by atoms with Crippen molar-refractivity contribution in [2.75, 3.05) is 33.4 Å². The van der Waals surface area contributed by atoms with Crippen LogP contribution in [0.1, 0.15) is 12.2 Å². The van der Waals surface area contributed by atoms with Crippen LogP contribution in [0, 0.1) is 5.92 Å². The summed E-state index contributed by atoms with van der Waals surface area (Å²) in [4.78, 5) is 38.7. The molecule has 2 rings (SSSR count). The molecule has 9 heteroatoms. The predicted octanol–water partition coefficient (Wildman–Crippen LogP) is -1.32. The Bertz CT molecular complexity index is 552. The summed E-state index contributed by atoms with van der Waals surface area (Å²) in [6, 6.07) is 0. The van der Waals surface area contributed by atoms with E-state index in [2.05, 4.69) is 15.2 Å². The van der Waals surface area contributed by atoms with Crippen LogP contribution in [-0.4, -0.2) is 65.4 Å². The van der Waals surface area contributed by atoms with Gasteiger partial charge in [-0.1, -0.05) is 0 Å². The number of carbonyl (C=O) groups is 2. The Kier molecular flexibility index (Phi) is 5.09. The summed E-state index contributed by atoms with van der Waals surface area (Å²) < 4.78 is 10.0. The smallest absolute Gasteiger partial charge is 0.340 e. The maximum atomic E-state index is 12.2. The number of nitrogens with zero attached hydrogens (tertiary/aromatic N) is 2. The number of H-pyrrole nitrogens is 2. The lowest BCUT2D eigenvalue weighted by Gasteiger charge is -2.22. The lowest BCUT2D eigenvalue weighted by atomic mass is 10.1. The van der Waals surface area contributed by atoms with Crippen LogP contribution in [0.4, 0.5) is 0 Å². The summed E-state index contributed by atoms with van der Waals surface area (Å²) in [7, 11) is 1.31. The highest BCUT2D eigenvalue weighted by molar-refractivity contribution is 5.78. The number of esters is 1. The molecule has 2 N–H and O–H groups in total. The zero-order valence-corrected chi connectivity index (χ0v) is 11.8. The second kappa shape index (κ2) is 7.02. The number of ether oxygens (including phenoxy) is 2. The van der Waals surface area contributed by atoms with E-state index in [1.54, 1.807) is 4.90 Å². The standard InChI is InChI=1S/C12H18N4O5/c1-20-11(18)8-6-16(4-5-21-7-8)10(17)3-2-9-13-12(19)15-14-9/h8H,2-7H2,1H3,(H2,13,14,15,19). The Balaban J connectivity index is 1.90. The van der Waals surface area contributed by atoms with Crippen molar-refractivity contribution in [1.82, 2.24) is 20.1 Å². The average molecular weight is 298 g/mol. The molecule has 9 nitrogen and oxygen atoms in total. The summed E-state index contributed by atoms with van der Waals surface area (Å²) in [5.74, 6) is -0.528. The topological polar surface area (TPSA) is 117 Å². The third-order valence-corrected chi connectivity index (χ3v) is 3.28. The van der Waals surface area contributed by atoms with E-state index in [-0.39, 0.29) is 31.4 Å². The maximum absolute atomic E-state index is 12.2. The van der Waals surface area contributed by atoms with Crippen molar-refractivity contribution in [3.8, 4) is 0 Å². The van der Waals surface area contributed by atoms with Gasteiger partial charge in [-0.15, -0.1) is 0 Å². The van der Waals surface area contributed by atoms with Gasteiger partial charge >= 0.3 is 11.7 Å². The third-order valence-electron chi connectivity index (χ3n) is 3.28. The summed E-state index contributed by atoms with van der Waals surface area (Å²) in [6.07, 6.45) is 0.534. The minimum absolute atomic E-state index is 0.113. The summed E-state index contributed by atoms with van der Waals surface area (Å²) >= 11 is 0. The maximum Gasteiger partial charge on any atom is 0.340 e. The van der Waals surface area contributed by atoms with Gasteiger partial charge < -0.3 is 14.4 Å². The summed E-state index contributed by atoms with van der Waals surface area (Å²) in [6.45, 7) is 1.35. The monoisotopic (exact) mass is 298 g/mol. The van der Waals surface area contributed by atoms with Gasteiger partial charge in [0.25, 0.3) is 0 Å². The average Bonchev–Trinajstić information content (AvgIpc) is 2.75. The van der Waals surface area contributed by atoms with Gasteiger partial charge in [0.1, 0.15) is 5.82 Å². The molecule has 0 spiro atoms. The molecule has 1 atom stereocenters. The Morgan fingerprint density at radius 1 is 1.52 bits per heavy atom. The van der Waals surface area contributed by atoms with Gasteiger partial charge in [0, 0.05) is 25.9 Å². The molecule has 1 aromatic heterocycles. The number of methoxy groups -OCH3 is 1. The molecule has 1 aliphatic rings. The Labute approximate surface area is 120 Å². The van der Waals surface area contributed by atoms with Gasteiger partial charge in [0.15, 0.2) is 0 Å². The molecule has 1 amide bonds. The van der Waals surface area contributed by atoms with Crippen LogP contribution < -0.4 is 5.69 Å². The van der Waals surface area contributed by atoms with Crippen molar-refractivity contribution < 1.29 is 19.1 Å². The van der Waals surface area contributed by atoms with E-state index in [0.717, 1.165) is 0 Å². The number of nitrogens with one attached hydrogen (secondary N) is 2. The van der Waals surface area contributed by atoms with Gasteiger partial charge in [-0.2, -0.15) is 5.10 Å². The van der Waals surface area contributed by atoms with Crippen LogP contribution in [0.2, 0.25) is 0 Å². The van der Waals surface area contributed by atoms with Crippen LogP contribution >= 0.6 is 0 Å². The van der Waals surface area contributed by atoms with Crippen LogP contribution in [0.5, 0.6) is 0 Å². The highest BCUT2D eigenvalue weighted by atomic mass is 16.5. The minimum atomic E-state index is -0.466. The number of hydrogen-bond acceptors (Lipinski definition) is 6. The molecule has 21 heavy (non-hydrogen) atoms. The van der Waals surface area contributed by atoms with Gasteiger partial charge in [-0.05, 0) is 0 Å². The fourth-order valence-corrected chi connectivity index (χ4v) is 2.15. The van der Waals surface area contributed by atoms with E-state index >= 15 is 0 Å². The molecule has 0 aromatic carbocycles. The molecule has 0 radical (unpaired) electrons. The van der Waals surface area contributed by atoms with E-state index in [0.29, 0.717) is 25.4 Å². The van der Waals surface area contributed by atoms with Crippen LogP contribution in [0.15, 0.2) is 4.79 Å². The molecule has 0 saturated carbocycles. The molecule has 1 unspecified atom stereocenters. The molecule has 1 aromatic rings. The second-order valence-electron chi connectivity index (χ2n) is 4.76. The summed E-state index contributed by atoms with van der Waals surface area (Å²) in [5, 5.41) is 5.99. The number of aromatic amines is 2. The lowest BCUT2D eigenvalue weighted by molar-refractivity contribution is -0.147. The fourth-order valence-electron chi connectivity index (χ4n) is 2.15. The number of amides is 1. The molecule has 1 saturated heterocycles. The first-order valence-corrected chi connectivity index (χ1v) is 6.67. The van der Waals surface area contributed by atoms with E-state index in [9.17, 15) is 14.4 Å². The number of aromatic nitrogens is 3. The molecular formula is C12H18N4O5. The largest absolute Gasteiger partial charge is 0.469 e. The SMILES string of the molecule is COC(=O)C1COCCN(C(=O)CCc2n[nH]c(=O)[nH]2)C1. The third kappa shape index (κ3) is 4.15. The minimum Gasteiger partial charge on any atom is -0.469 e. The van der Waals surface area contributed by atoms with Crippen LogP contribution in [0.25, 0.3) is 0 Å². The van der Waals surface area contributed by atoms with Gasteiger partial charge in [0.05, 0.1) is 26.2 Å². The molecule has 1 fully saturated rings. The van der Waals surface area contributed by atoms with Crippen molar-refractivity contribution in [2.24, 2.45) is 5.92 Å². The second-order valence-corrected chi connectivity index (χ2v) is 4.76.